The summed E-state index contributed by atoms with van der Waals surface area (Å²) in [4.78, 5) is 4.50. The van der Waals surface area contributed by atoms with Crippen molar-refractivity contribution in [3.05, 3.63) is 51.8 Å². The van der Waals surface area contributed by atoms with Crippen LogP contribution in [0.15, 0.2) is 34.9 Å². The van der Waals surface area contributed by atoms with E-state index in [0.717, 1.165) is 34.5 Å². The molecule has 0 bridgehead atoms. The van der Waals surface area contributed by atoms with Crippen LogP contribution in [0, 0.1) is 0 Å². The topological polar surface area (TPSA) is 60.2 Å². The van der Waals surface area contributed by atoms with E-state index < -0.39 is 0 Å². The molecule has 6 heteroatoms. The lowest BCUT2D eigenvalue weighted by Gasteiger charge is -2.13. The largest absolute Gasteiger partial charge is 0.493 e. The monoisotopic (exact) mass is 363 g/mol. The van der Waals surface area contributed by atoms with Crippen molar-refractivity contribution in [2.45, 2.75) is 13.0 Å². The first-order valence-electron chi connectivity index (χ1n) is 6.58. The zero-order chi connectivity index (χ0) is 14.8. The second-order valence-corrected chi connectivity index (χ2v) is 6.12. The number of nitrogens with zero attached hydrogens (tertiary/aromatic N) is 1. The van der Waals surface area contributed by atoms with E-state index in [2.05, 4.69) is 38.4 Å². The van der Waals surface area contributed by atoms with Crippen molar-refractivity contribution in [3.63, 3.8) is 0 Å². The van der Waals surface area contributed by atoms with Gasteiger partial charge in [0.05, 0.1) is 12.3 Å². The summed E-state index contributed by atoms with van der Waals surface area (Å²) >= 11 is 8.57. The molecule has 1 aromatic heterocycles. The van der Waals surface area contributed by atoms with Gasteiger partial charge in [0.1, 0.15) is 16.4 Å². The highest BCUT2D eigenvalue weighted by Gasteiger charge is 2.17. The minimum absolute atomic E-state index is 0.286. The van der Waals surface area contributed by atoms with Crippen LogP contribution < -0.4 is 15.8 Å². The lowest BCUT2D eigenvalue weighted by Crippen LogP contribution is -2.15. The molecule has 3 rings (SSSR count). The summed E-state index contributed by atoms with van der Waals surface area (Å²) in [5.74, 6) is 0.978. The van der Waals surface area contributed by atoms with Crippen LogP contribution in [0.1, 0.15) is 16.8 Å². The highest BCUT2D eigenvalue weighted by atomic mass is 79.9. The number of nitrogens with two attached hydrogens (primary N) is 1. The van der Waals surface area contributed by atoms with Crippen LogP contribution >= 0.6 is 28.1 Å². The molecule has 0 fully saturated rings. The number of thiocarbonyl (C=S) groups is 1. The first kappa shape index (κ1) is 14.3. The van der Waals surface area contributed by atoms with Gasteiger partial charge >= 0.3 is 0 Å². The van der Waals surface area contributed by atoms with Crippen LogP contribution in [0.4, 0.5) is 5.69 Å². The molecule has 0 radical (unpaired) electrons. The second kappa shape index (κ2) is 5.99. The SMILES string of the molecule is NC(=S)c1ncccc1NCc1cc(Br)cc2c1OCC2. The van der Waals surface area contributed by atoms with Crippen molar-refractivity contribution in [1.29, 1.82) is 0 Å². The van der Waals surface area contributed by atoms with Gasteiger partial charge in [-0.1, -0.05) is 28.1 Å². The summed E-state index contributed by atoms with van der Waals surface area (Å²) in [6.07, 6.45) is 2.63. The van der Waals surface area contributed by atoms with Crippen molar-refractivity contribution in [2.75, 3.05) is 11.9 Å². The Kier molecular flexibility index (Phi) is 4.07. The van der Waals surface area contributed by atoms with Crippen molar-refractivity contribution >= 4 is 38.8 Å². The average molecular weight is 364 g/mol. The van der Waals surface area contributed by atoms with Gasteiger partial charge in [-0.2, -0.15) is 0 Å². The molecule has 1 aliphatic rings. The van der Waals surface area contributed by atoms with Gasteiger partial charge in [-0.05, 0) is 29.8 Å². The number of benzene rings is 1. The molecule has 1 aromatic carbocycles. The van der Waals surface area contributed by atoms with Gasteiger partial charge in [-0.3, -0.25) is 4.98 Å². The van der Waals surface area contributed by atoms with Crippen molar-refractivity contribution in [2.24, 2.45) is 5.73 Å². The van der Waals surface area contributed by atoms with E-state index in [9.17, 15) is 0 Å². The standard InChI is InChI=1S/C15H14BrN3OS/c16-11-6-9-3-5-20-14(9)10(7-11)8-19-12-2-1-4-18-13(12)15(17)21/h1-2,4,6-7,19H,3,5,8H2,(H2,17,21). The number of ether oxygens (including phenoxy) is 1. The van der Waals surface area contributed by atoms with Gasteiger partial charge in [0.25, 0.3) is 0 Å². The third-order valence-electron chi connectivity index (χ3n) is 3.34. The molecule has 2 heterocycles. The summed E-state index contributed by atoms with van der Waals surface area (Å²) in [6.45, 7) is 1.37. The summed E-state index contributed by atoms with van der Waals surface area (Å²) in [5.41, 5.74) is 9.48. The van der Waals surface area contributed by atoms with Crippen LogP contribution in [0.5, 0.6) is 5.75 Å². The summed E-state index contributed by atoms with van der Waals surface area (Å²) in [5, 5.41) is 3.34. The quantitative estimate of drug-likeness (QED) is 0.817. The Morgan fingerprint density at radius 3 is 3.14 bits per heavy atom. The second-order valence-electron chi connectivity index (χ2n) is 4.77. The lowest BCUT2D eigenvalue weighted by molar-refractivity contribution is 0.354. The Morgan fingerprint density at radius 1 is 1.48 bits per heavy atom. The maximum Gasteiger partial charge on any atom is 0.127 e. The van der Waals surface area contributed by atoms with E-state index in [4.69, 9.17) is 22.7 Å². The summed E-state index contributed by atoms with van der Waals surface area (Å²) in [7, 11) is 0. The maximum atomic E-state index is 5.72. The molecule has 0 spiro atoms. The third-order valence-corrected chi connectivity index (χ3v) is 3.99. The van der Waals surface area contributed by atoms with E-state index in [-0.39, 0.29) is 4.99 Å². The molecule has 0 aliphatic carbocycles. The number of rotatable bonds is 4. The van der Waals surface area contributed by atoms with Gasteiger partial charge in [0.2, 0.25) is 0 Å². The molecule has 4 nitrogen and oxygen atoms in total. The first-order chi connectivity index (χ1) is 10.1. The predicted molar refractivity (Wildman–Crippen MR) is 90.8 cm³/mol. The molecular weight excluding hydrogens is 350 g/mol. The number of fused-ring (bicyclic) bond motifs is 1. The van der Waals surface area contributed by atoms with Crippen molar-refractivity contribution in [1.82, 2.24) is 4.98 Å². The number of hydrogen-bond acceptors (Lipinski definition) is 4. The van der Waals surface area contributed by atoms with Crippen molar-refractivity contribution < 1.29 is 4.74 Å². The number of nitrogens with one attached hydrogen (secondary N) is 1. The highest BCUT2D eigenvalue weighted by Crippen LogP contribution is 2.33. The molecule has 0 amide bonds. The van der Waals surface area contributed by atoms with E-state index in [1.807, 2.05) is 12.1 Å². The first-order valence-corrected chi connectivity index (χ1v) is 7.78. The number of anilines is 1. The van der Waals surface area contributed by atoms with Gasteiger partial charge < -0.3 is 15.8 Å². The summed E-state index contributed by atoms with van der Waals surface area (Å²) < 4.78 is 6.78. The number of pyridine rings is 1. The van der Waals surface area contributed by atoms with Crippen LogP contribution in [-0.4, -0.2) is 16.6 Å². The number of hydrogen-bond donors (Lipinski definition) is 2. The van der Waals surface area contributed by atoms with Gasteiger partial charge in [0, 0.05) is 29.2 Å². The van der Waals surface area contributed by atoms with E-state index in [0.29, 0.717) is 12.2 Å². The van der Waals surface area contributed by atoms with E-state index >= 15 is 0 Å². The van der Waals surface area contributed by atoms with Crippen LogP contribution in [-0.2, 0) is 13.0 Å². The Labute approximate surface area is 136 Å². The number of halogens is 1. The fourth-order valence-electron chi connectivity index (χ4n) is 2.41. The molecule has 108 valence electrons. The minimum Gasteiger partial charge on any atom is -0.493 e. The fourth-order valence-corrected chi connectivity index (χ4v) is 3.13. The Morgan fingerprint density at radius 2 is 2.33 bits per heavy atom. The normalized spacial score (nSPS) is 12.6. The predicted octanol–water partition coefficient (Wildman–Crippen LogP) is 3.03. The van der Waals surface area contributed by atoms with Crippen LogP contribution in [0.2, 0.25) is 0 Å². The van der Waals surface area contributed by atoms with Crippen molar-refractivity contribution in [3.8, 4) is 5.75 Å². The van der Waals surface area contributed by atoms with Gasteiger partial charge in [0.15, 0.2) is 0 Å². The minimum atomic E-state index is 0.286. The molecular formula is C15H14BrN3OS. The summed E-state index contributed by atoms with van der Waals surface area (Å²) in [6, 6.07) is 7.94. The fraction of sp³-hybridized carbons (Fsp3) is 0.200. The molecule has 0 saturated carbocycles. The lowest BCUT2D eigenvalue weighted by atomic mass is 10.1. The molecule has 2 aromatic rings. The molecule has 0 atom stereocenters. The van der Waals surface area contributed by atoms with Gasteiger partial charge in [-0.25, -0.2) is 0 Å². The highest BCUT2D eigenvalue weighted by molar-refractivity contribution is 9.10. The molecule has 0 unspecified atom stereocenters. The zero-order valence-corrected chi connectivity index (χ0v) is 13.6. The molecule has 1 aliphatic heterocycles. The Balaban J connectivity index is 1.85. The molecule has 21 heavy (non-hydrogen) atoms. The average Bonchev–Trinajstić information content (AvgIpc) is 2.93. The van der Waals surface area contributed by atoms with E-state index in [1.165, 1.54) is 5.56 Å². The third kappa shape index (κ3) is 3.01. The Bertz CT molecular complexity index is 705. The van der Waals surface area contributed by atoms with Crippen LogP contribution in [0.25, 0.3) is 0 Å². The smallest absolute Gasteiger partial charge is 0.127 e. The molecule has 0 saturated heterocycles. The Hall–Kier alpha value is -1.66. The molecule has 3 N–H and O–H groups in total. The maximum absolute atomic E-state index is 5.72. The van der Waals surface area contributed by atoms with Crippen LogP contribution in [0.3, 0.4) is 0 Å². The van der Waals surface area contributed by atoms with Gasteiger partial charge in [-0.15, -0.1) is 0 Å². The van der Waals surface area contributed by atoms with E-state index in [1.54, 1.807) is 6.20 Å². The number of aromatic nitrogens is 1. The zero-order valence-electron chi connectivity index (χ0n) is 11.2.